The van der Waals surface area contributed by atoms with Crippen LogP contribution in [0.2, 0.25) is 0 Å². The highest BCUT2D eigenvalue weighted by Gasteiger charge is 2.29. The maximum atomic E-state index is 10.8. The fourth-order valence-corrected chi connectivity index (χ4v) is 1.78. The Bertz CT molecular complexity index is 446. The van der Waals surface area contributed by atoms with E-state index >= 15 is 0 Å². The van der Waals surface area contributed by atoms with E-state index in [2.05, 4.69) is 5.32 Å². The molecular weight excluding hydrogens is 236 g/mol. The van der Waals surface area contributed by atoms with E-state index < -0.39 is 11.0 Å². The molecule has 2 rings (SSSR count). The molecule has 98 valence electrons. The third kappa shape index (κ3) is 3.10. The van der Waals surface area contributed by atoms with E-state index in [1.165, 1.54) is 19.2 Å². The molecule has 1 aliphatic carbocycles. The van der Waals surface area contributed by atoms with Crippen LogP contribution >= 0.6 is 0 Å². The van der Waals surface area contributed by atoms with Gasteiger partial charge in [0.25, 0.3) is 5.69 Å². The number of nitrogens with one attached hydrogen (secondary N) is 1. The summed E-state index contributed by atoms with van der Waals surface area (Å²) in [4.78, 5) is 10.3. The lowest BCUT2D eigenvalue weighted by Crippen LogP contribution is -2.21. The van der Waals surface area contributed by atoms with Gasteiger partial charge in [0.05, 0.1) is 24.2 Å². The van der Waals surface area contributed by atoms with Gasteiger partial charge >= 0.3 is 0 Å². The Morgan fingerprint density at radius 3 is 2.83 bits per heavy atom. The predicted octanol–water partition coefficient (Wildman–Crippen LogP) is 1.79. The van der Waals surface area contributed by atoms with E-state index in [0.29, 0.717) is 23.9 Å². The molecule has 1 saturated carbocycles. The summed E-state index contributed by atoms with van der Waals surface area (Å²) in [5.41, 5.74) is 0.554. The molecule has 6 heteroatoms. The summed E-state index contributed by atoms with van der Waals surface area (Å²) >= 11 is 0. The van der Waals surface area contributed by atoms with E-state index in [9.17, 15) is 15.2 Å². The maximum absolute atomic E-state index is 10.8. The monoisotopic (exact) mass is 252 g/mol. The van der Waals surface area contributed by atoms with Gasteiger partial charge in [-0.1, -0.05) is 0 Å². The van der Waals surface area contributed by atoms with Gasteiger partial charge in [-0.2, -0.15) is 0 Å². The predicted molar refractivity (Wildman–Crippen MR) is 66.9 cm³/mol. The van der Waals surface area contributed by atoms with Gasteiger partial charge in [-0.25, -0.2) is 0 Å². The lowest BCUT2D eigenvalue weighted by molar-refractivity contribution is -0.384. The van der Waals surface area contributed by atoms with Crippen LogP contribution in [0, 0.1) is 16.0 Å². The number of hydrogen-bond acceptors (Lipinski definition) is 5. The van der Waals surface area contributed by atoms with Crippen molar-refractivity contribution in [2.24, 2.45) is 5.92 Å². The second-order valence-electron chi connectivity index (χ2n) is 4.46. The number of methoxy groups -OCH3 is 1. The molecule has 1 fully saturated rings. The Morgan fingerprint density at radius 2 is 2.28 bits per heavy atom. The van der Waals surface area contributed by atoms with Crippen LogP contribution in [-0.2, 0) is 0 Å². The quantitative estimate of drug-likeness (QED) is 0.595. The van der Waals surface area contributed by atoms with Gasteiger partial charge in [0.15, 0.2) is 0 Å². The van der Waals surface area contributed by atoms with Crippen LogP contribution in [0.4, 0.5) is 11.4 Å². The minimum atomic E-state index is -0.467. The molecule has 1 aromatic carbocycles. The number of ether oxygens (including phenoxy) is 1. The number of nitro groups is 1. The minimum Gasteiger partial charge on any atom is -0.496 e. The lowest BCUT2D eigenvalue weighted by atomic mass is 10.2. The molecular formula is C12H16N2O4. The summed E-state index contributed by atoms with van der Waals surface area (Å²) in [5, 5.41) is 23.5. The van der Waals surface area contributed by atoms with Crippen LogP contribution in [0.3, 0.4) is 0 Å². The summed E-state index contributed by atoms with van der Waals surface area (Å²) in [7, 11) is 1.46. The van der Waals surface area contributed by atoms with Crippen molar-refractivity contribution >= 4 is 11.4 Å². The molecule has 1 aromatic rings. The van der Waals surface area contributed by atoms with Crippen molar-refractivity contribution in [3.63, 3.8) is 0 Å². The molecule has 18 heavy (non-hydrogen) atoms. The molecule has 0 aliphatic heterocycles. The topological polar surface area (TPSA) is 84.6 Å². The molecule has 0 aromatic heterocycles. The van der Waals surface area contributed by atoms with E-state index in [1.54, 1.807) is 6.07 Å². The first-order valence-corrected chi connectivity index (χ1v) is 5.85. The molecule has 0 saturated heterocycles. The average Bonchev–Trinajstić information content (AvgIpc) is 3.19. The summed E-state index contributed by atoms with van der Waals surface area (Å²) in [6.07, 6.45) is 1.72. The normalized spacial score (nSPS) is 16.1. The number of benzene rings is 1. The van der Waals surface area contributed by atoms with E-state index in [4.69, 9.17) is 4.74 Å². The summed E-state index contributed by atoms with van der Waals surface area (Å²) in [6.45, 7) is 0.398. The van der Waals surface area contributed by atoms with Crippen LogP contribution in [0.1, 0.15) is 12.8 Å². The van der Waals surface area contributed by atoms with Crippen molar-refractivity contribution in [2.75, 3.05) is 19.0 Å². The number of aliphatic hydroxyl groups is 1. The van der Waals surface area contributed by atoms with Crippen LogP contribution < -0.4 is 10.1 Å². The van der Waals surface area contributed by atoms with Crippen molar-refractivity contribution < 1.29 is 14.8 Å². The first kappa shape index (κ1) is 12.6. The Hall–Kier alpha value is -1.82. The SMILES string of the molecule is COc1cc(NCC(O)C2CC2)cc([N+](=O)[O-])c1. The van der Waals surface area contributed by atoms with Gasteiger partial charge in [-0.05, 0) is 18.8 Å². The molecule has 1 unspecified atom stereocenters. The highest BCUT2D eigenvalue weighted by Crippen LogP contribution is 2.33. The Morgan fingerprint density at radius 1 is 1.56 bits per heavy atom. The van der Waals surface area contributed by atoms with Gasteiger partial charge in [0, 0.05) is 24.4 Å². The number of non-ortho nitro benzene ring substituents is 1. The van der Waals surface area contributed by atoms with Gasteiger partial charge in [-0.3, -0.25) is 10.1 Å². The smallest absolute Gasteiger partial charge is 0.275 e. The zero-order chi connectivity index (χ0) is 13.1. The maximum Gasteiger partial charge on any atom is 0.275 e. The average molecular weight is 252 g/mol. The van der Waals surface area contributed by atoms with Crippen molar-refractivity contribution in [3.8, 4) is 5.75 Å². The molecule has 1 aliphatic rings. The van der Waals surface area contributed by atoms with Crippen LogP contribution in [0.15, 0.2) is 18.2 Å². The first-order chi connectivity index (χ1) is 8.60. The Kier molecular flexibility index (Phi) is 3.66. The molecule has 6 nitrogen and oxygen atoms in total. The molecule has 0 radical (unpaired) electrons. The van der Waals surface area contributed by atoms with Crippen molar-refractivity contribution in [1.82, 2.24) is 0 Å². The summed E-state index contributed by atoms with van der Waals surface area (Å²) < 4.78 is 5.01. The molecule has 0 spiro atoms. The largest absolute Gasteiger partial charge is 0.496 e. The Labute approximate surface area is 105 Å². The summed E-state index contributed by atoms with van der Waals surface area (Å²) in [6, 6.07) is 4.47. The lowest BCUT2D eigenvalue weighted by Gasteiger charge is -2.12. The molecule has 2 N–H and O–H groups in total. The van der Waals surface area contributed by atoms with Gasteiger partial charge in [-0.15, -0.1) is 0 Å². The molecule has 0 heterocycles. The zero-order valence-electron chi connectivity index (χ0n) is 10.1. The number of nitro benzene ring substituents is 1. The van der Waals surface area contributed by atoms with Crippen LogP contribution in [-0.4, -0.2) is 29.8 Å². The van der Waals surface area contributed by atoms with Gasteiger partial charge in [0.1, 0.15) is 5.75 Å². The molecule has 0 amide bonds. The van der Waals surface area contributed by atoms with Gasteiger partial charge in [0.2, 0.25) is 0 Å². The van der Waals surface area contributed by atoms with Crippen molar-refractivity contribution in [2.45, 2.75) is 18.9 Å². The van der Waals surface area contributed by atoms with E-state index in [0.717, 1.165) is 12.8 Å². The number of aliphatic hydroxyl groups excluding tert-OH is 1. The van der Waals surface area contributed by atoms with Crippen LogP contribution in [0.5, 0.6) is 5.75 Å². The highest BCUT2D eigenvalue weighted by molar-refractivity contribution is 5.56. The number of nitrogens with zero attached hydrogens (tertiary/aromatic N) is 1. The van der Waals surface area contributed by atoms with Crippen molar-refractivity contribution in [1.29, 1.82) is 0 Å². The molecule has 1 atom stereocenters. The van der Waals surface area contributed by atoms with E-state index in [-0.39, 0.29) is 5.69 Å². The highest BCUT2D eigenvalue weighted by atomic mass is 16.6. The van der Waals surface area contributed by atoms with Crippen LogP contribution in [0.25, 0.3) is 0 Å². The number of rotatable bonds is 6. The first-order valence-electron chi connectivity index (χ1n) is 5.85. The minimum absolute atomic E-state index is 0.0299. The van der Waals surface area contributed by atoms with Gasteiger partial charge < -0.3 is 15.2 Å². The third-order valence-electron chi connectivity index (χ3n) is 3.02. The second kappa shape index (κ2) is 5.22. The number of hydrogen-bond donors (Lipinski definition) is 2. The standard InChI is InChI=1S/C12H16N2O4/c1-18-11-5-9(4-10(6-11)14(16)17)13-7-12(15)8-2-3-8/h4-6,8,12-13,15H,2-3,7H2,1H3. The second-order valence-corrected chi connectivity index (χ2v) is 4.46. The Balaban J connectivity index is 2.05. The number of anilines is 1. The molecule has 0 bridgehead atoms. The van der Waals surface area contributed by atoms with E-state index in [1.807, 2.05) is 0 Å². The zero-order valence-corrected chi connectivity index (χ0v) is 10.1. The summed E-state index contributed by atoms with van der Waals surface area (Å²) in [5.74, 6) is 0.797. The fourth-order valence-electron chi connectivity index (χ4n) is 1.78. The van der Waals surface area contributed by atoms with Crippen molar-refractivity contribution in [3.05, 3.63) is 28.3 Å². The fraction of sp³-hybridized carbons (Fsp3) is 0.500. The third-order valence-corrected chi connectivity index (χ3v) is 3.02.